The number of nitrogens with one attached hydrogen (secondary N) is 2. The number of rotatable bonds is 3. The number of nitrogens with zero attached hydrogens (tertiary/aromatic N) is 1. The highest BCUT2D eigenvalue weighted by Gasteiger charge is 2.16. The second-order valence-electron chi connectivity index (χ2n) is 4.61. The molecule has 0 radical (unpaired) electrons. The van der Waals surface area contributed by atoms with Gasteiger partial charge in [0, 0.05) is 18.8 Å². The average Bonchev–Trinajstić information content (AvgIpc) is 2.92. The van der Waals surface area contributed by atoms with Crippen molar-refractivity contribution in [2.24, 2.45) is 0 Å². The molecular formula is C14H17N3O2. The number of nitriles is 1. The summed E-state index contributed by atoms with van der Waals surface area (Å²) in [6.45, 7) is 3.18. The molecule has 1 aliphatic heterocycles. The molecule has 1 fully saturated rings. The molecule has 5 nitrogen and oxygen atoms in total. The van der Waals surface area contributed by atoms with Crippen LogP contribution in [-0.2, 0) is 4.74 Å². The maximum absolute atomic E-state index is 11.8. The minimum absolute atomic E-state index is 0.122. The number of aryl methyl sites for hydroxylation is 1. The van der Waals surface area contributed by atoms with E-state index in [9.17, 15) is 4.79 Å². The molecule has 0 saturated carbocycles. The minimum Gasteiger partial charge on any atom is -0.376 e. The molecule has 0 spiro atoms. The van der Waals surface area contributed by atoms with E-state index in [0.29, 0.717) is 17.8 Å². The van der Waals surface area contributed by atoms with Gasteiger partial charge in [0.05, 0.1) is 17.7 Å². The van der Waals surface area contributed by atoms with E-state index in [1.54, 1.807) is 12.1 Å². The highest BCUT2D eigenvalue weighted by Crippen LogP contribution is 2.16. The van der Waals surface area contributed by atoms with E-state index in [0.717, 1.165) is 25.0 Å². The van der Waals surface area contributed by atoms with E-state index >= 15 is 0 Å². The van der Waals surface area contributed by atoms with Gasteiger partial charge in [-0.3, -0.25) is 0 Å². The number of anilines is 1. The van der Waals surface area contributed by atoms with Crippen molar-refractivity contribution in [3.63, 3.8) is 0 Å². The van der Waals surface area contributed by atoms with Crippen molar-refractivity contribution in [1.82, 2.24) is 5.32 Å². The van der Waals surface area contributed by atoms with Gasteiger partial charge in [-0.15, -0.1) is 0 Å². The van der Waals surface area contributed by atoms with E-state index in [4.69, 9.17) is 10.00 Å². The molecule has 2 rings (SSSR count). The molecule has 0 bridgehead atoms. The number of amides is 2. The molecular weight excluding hydrogens is 242 g/mol. The van der Waals surface area contributed by atoms with Crippen molar-refractivity contribution >= 4 is 11.7 Å². The number of carbonyl (C=O) groups excluding carboxylic acids is 1. The van der Waals surface area contributed by atoms with E-state index in [1.165, 1.54) is 0 Å². The fraction of sp³-hybridized carbons (Fsp3) is 0.429. The molecule has 1 aromatic carbocycles. The monoisotopic (exact) mass is 259 g/mol. The number of urea groups is 1. The lowest BCUT2D eigenvalue weighted by atomic mass is 10.1. The molecule has 2 amide bonds. The van der Waals surface area contributed by atoms with E-state index in [1.807, 2.05) is 13.0 Å². The van der Waals surface area contributed by atoms with Crippen molar-refractivity contribution in [2.75, 3.05) is 18.5 Å². The zero-order chi connectivity index (χ0) is 13.7. The second kappa shape index (κ2) is 6.21. The van der Waals surface area contributed by atoms with E-state index < -0.39 is 0 Å². The standard InChI is InChI=1S/C14H17N3O2/c1-10-4-5-11(8-15)7-13(10)17-14(18)16-9-12-3-2-6-19-12/h4-5,7,12H,2-3,6,9H2,1H3,(H2,16,17,18)/t12-/m1/s1. The van der Waals surface area contributed by atoms with Crippen LogP contribution < -0.4 is 10.6 Å². The summed E-state index contributed by atoms with van der Waals surface area (Å²) >= 11 is 0. The van der Waals surface area contributed by atoms with Crippen molar-refractivity contribution < 1.29 is 9.53 Å². The Balaban J connectivity index is 1.89. The Morgan fingerprint density at radius 3 is 3.11 bits per heavy atom. The normalized spacial score (nSPS) is 17.8. The summed E-state index contributed by atoms with van der Waals surface area (Å²) in [6, 6.07) is 6.99. The molecule has 5 heteroatoms. The first kappa shape index (κ1) is 13.4. The molecule has 1 atom stereocenters. The van der Waals surface area contributed by atoms with Crippen LogP contribution in [0.2, 0.25) is 0 Å². The third kappa shape index (κ3) is 3.70. The van der Waals surface area contributed by atoms with Crippen LogP contribution in [0.15, 0.2) is 18.2 Å². The Morgan fingerprint density at radius 1 is 1.58 bits per heavy atom. The third-order valence-electron chi connectivity index (χ3n) is 3.13. The summed E-state index contributed by atoms with van der Waals surface area (Å²) in [5, 5.41) is 14.4. The zero-order valence-corrected chi connectivity index (χ0v) is 10.9. The smallest absolute Gasteiger partial charge is 0.319 e. The van der Waals surface area contributed by atoms with Gasteiger partial charge in [0.2, 0.25) is 0 Å². The predicted octanol–water partition coefficient (Wildman–Crippen LogP) is 2.17. The fourth-order valence-electron chi connectivity index (χ4n) is 2.00. The lowest BCUT2D eigenvalue weighted by molar-refractivity contribution is 0.112. The Morgan fingerprint density at radius 2 is 2.42 bits per heavy atom. The molecule has 0 unspecified atom stereocenters. The van der Waals surface area contributed by atoms with Crippen LogP contribution in [-0.4, -0.2) is 25.3 Å². The van der Waals surface area contributed by atoms with Crippen molar-refractivity contribution in [3.05, 3.63) is 29.3 Å². The second-order valence-corrected chi connectivity index (χ2v) is 4.61. The topological polar surface area (TPSA) is 74.2 Å². The van der Waals surface area contributed by atoms with Gasteiger partial charge >= 0.3 is 6.03 Å². The molecule has 0 aliphatic carbocycles. The summed E-state index contributed by atoms with van der Waals surface area (Å²) in [6.07, 6.45) is 2.16. The van der Waals surface area contributed by atoms with Crippen molar-refractivity contribution in [2.45, 2.75) is 25.9 Å². The van der Waals surface area contributed by atoms with E-state index in [2.05, 4.69) is 16.7 Å². The number of hydrogen-bond donors (Lipinski definition) is 2. The van der Waals surface area contributed by atoms with Crippen LogP contribution in [0.5, 0.6) is 0 Å². The number of ether oxygens (including phenoxy) is 1. The van der Waals surface area contributed by atoms with Crippen LogP contribution in [0.4, 0.5) is 10.5 Å². The molecule has 1 saturated heterocycles. The molecule has 1 aliphatic rings. The highest BCUT2D eigenvalue weighted by molar-refractivity contribution is 5.90. The van der Waals surface area contributed by atoms with Gasteiger partial charge in [0.1, 0.15) is 0 Å². The molecule has 0 aromatic heterocycles. The highest BCUT2D eigenvalue weighted by atomic mass is 16.5. The average molecular weight is 259 g/mol. The molecule has 19 heavy (non-hydrogen) atoms. The maximum atomic E-state index is 11.8. The van der Waals surface area contributed by atoms with Crippen LogP contribution in [0.1, 0.15) is 24.0 Å². The Labute approximate surface area is 112 Å². The SMILES string of the molecule is Cc1ccc(C#N)cc1NC(=O)NC[C@H]1CCCO1. The van der Waals surface area contributed by atoms with Gasteiger partial charge in [-0.2, -0.15) is 5.26 Å². The van der Waals surface area contributed by atoms with Gasteiger partial charge in [-0.25, -0.2) is 4.79 Å². The Hall–Kier alpha value is -2.06. The zero-order valence-electron chi connectivity index (χ0n) is 10.9. The Bertz CT molecular complexity index is 502. The van der Waals surface area contributed by atoms with Gasteiger partial charge in [0.15, 0.2) is 0 Å². The largest absolute Gasteiger partial charge is 0.376 e. The van der Waals surface area contributed by atoms with Gasteiger partial charge < -0.3 is 15.4 Å². The third-order valence-corrected chi connectivity index (χ3v) is 3.13. The first-order chi connectivity index (χ1) is 9.19. The summed E-state index contributed by atoms with van der Waals surface area (Å²) < 4.78 is 5.43. The number of hydrogen-bond acceptors (Lipinski definition) is 3. The fourth-order valence-corrected chi connectivity index (χ4v) is 2.00. The molecule has 100 valence electrons. The van der Waals surface area contributed by atoms with Crippen molar-refractivity contribution in [3.8, 4) is 6.07 Å². The molecule has 2 N–H and O–H groups in total. The van der Waals surface area contributed by atoms with Gasteiger partial charge in [-0.1, -0.05) is 6.07 Å². The predicted molar refractivity (Wildman–Crippen MR) is 71.9 cm³/mol. The first-order valence-corrected chi connectivity index (χ1v) is 6.36. The lowest BCUT2D eigenvalue weighted by Gasteiger charge is -2.13. The van der Waals surface area contributed by atoms with Crippen LogP contribution in [0.3, 0.4) is 0 Å². The van der Waals surface area contributed by atoms with E-state index in [-0.39, 0.29) is 12.1 Å². The first-order valence-electron chi connectivity index (χ1n) is 6.36. The van der Waals surface area contributed by atoms with Crippen LogP contribution in [0.25, 0.3) is 0 Å². The van der Waals surface area contributed by atoms with Gasteiger partial charge in [0.25, 0.3) is 0 Å². The number of benzene rings is 1. The summed E-state index contributed by atoms with van der Waals surface area (Å²) in [7, 11) is 0. The van der Waals surface area contributed by atoms with Crippen LogP contribution in [0, 0.1) is 18.3 Å². The lowest BCUT2D eigenvalue weighted by Crippen LogP contribution is -2.35. The maximum Gasteiger partial charge on any atom is 0.319 e. The molecule has 1 aromatic rings. The number of carbonyl (C=O) groups is 1. The van der Waals surface area contributed by atoms with Crippen molar-refractivity contribution in [1.29, 1.82) is 5.26 Å². The van der Waals surface area contributed by atoms with Gasteiger partial charge in [-0.05, 0) is 37.5 Å². The van der Waals surface area contributed by atoms with Crippen LogP contribution >= 0.6 is 0 Å². The molecule has 1 heterocycles. The summed E-state index contributed by atoms with van der Waals surface area (Å²) in [4.78, 5) is 11.8. The quantitative estimate of drug-likeness (QED) is 0.873. The summed E-state index contributed by atoms with van der Waals surface area (Å²) in [5.41, 5.74) is 2.11. The summed E-state index contributed by atoms with van der Waals surface area (Å²) in [5.74, 6) is 0. The Kier molecular flexibility index (Phi) is 4.37. The minimum atomic E-state index is -0.270.